The Morgan fingerprint density at radius 2 is 2.11 bits per heavy atom. The standard InChI is InChI=1S/C16H26BrNO/c1-4-11-19-16-8-7-14(12-15(16)17)6-5-13(2)9-10-18-3/h7-8,12-13,18H,4-6,9-11H2,1-3H3. The third-order valence-corrected chi connectivity index (χ3v) is 3.89. The molecular weight excluding hydrogens is 302 g/mol. The lowest BCUT2D eigenvalue weighted by Crippen LogP contribution is -2.11. The second-order valence-electron chi connectivity index (χ2n) is 5.15. The summed E-state index contributed by atoms with van der Waals surface area (Å²) in [6.45, 7) is 6.33. The average molecular weight is 328 g/mol. The van der Waals surface area contributed by atoms with Gasteiger partial charge in [-0.2, -0.15) is 0 Å². The summed E-state index contributed by atoms with van der Waals surface area (Å²) in [5, 5.41) is 3.21. The topological polar surface area (TPSA) is 21.3 Å². The van der Waals surface area contributed by atoms with Crippen LogP contribution < -0.4 is 10.1 Å². The fraction of sp³-hybridized carbons (Fsp3) is 0.625. The zero-order valence-corrected chi connectivity index (χ0v) is 13.9. The molecule has 19 heavy (non-hydrogen) atoms. The van der Waals surface area contributed by atoms with Gasteiger partial charge in [0.15, 0.2) is 0 Å². The lowest BCUT2D eigenvalue weighted by atomic mass is 9.98. The number of rotatable bonds is 9. The molecule has 0 aliphatic carbocycles. The van der Waals surface area contributed by atoms with E-state index in [2.05, 4.69) is 53.3 Å². The third kappa shape index (κ3) is 6.44. The van der Waals surface area contributed by atoms with Gasteiger partial charge in [0.05, 0.1) is 11.1 Å². The molecule has 0 aromatic heterocycles. The van der Waals surface area contributed by atoms with Crippen LogP contribution in [0.15, 0.2) is 22.7 Å². The summed E-state index contributed by atoms with van der Waals surface area (Å²) in [6, 6.07) is 6.45. The Balaban J connectivity index is 2.44. The Morgan fingerprint density at radius 1 is 1.32 bits per heavy atom. The highest BCUT2D eigenvalue weighted by molar-refractivity contribution is 9.10. The molecule has 0 bridgehead atoms. The molecule has 2 nitrogen and oxygen atoms in total. The molecule has 0 aliphatic rings. The maximum absolute atomic E-state index is 5.66. The van der Waals surface area contributed by atoms with Crippen LogP contribution in [0.1, 0.15) is 38.7 Å². The van der Waals surface area contributed by atoms with Crippen molar-refractivity contribution in [3.63, 3.8) is 0 Å². The summed E-state index contributed by atoms with van der Waals surface area (Å²) in [6.07, 6.45) is 4.66. The maximum atomic E-state index is 5.66. The highest BCUT2D eigenvalue weighted by atomic mass is 79.9. The van der Waals surface area contributed by atoms with Gasteiger partial charge in [0.2, 0.25) is 0 Å². The fourth-order valence-electron chi connectivity index (χ4n) is 1.98. The highest BCUT2D eigenvalue weighted by Crippen LogP contribution is 2.27. The van der Waals surface area contributed by atoms with Crippen LogP contribution in [0.5, 0.6) is 5.75 Å². The van der Waals surface area contributed by atoms with E-state index in [0.717, 1.165) is 42.1 Å². The Kier molecular flexibility index (Phi) is 8.15. The first-order valence-corrected chi connectivity index (χ1v) is 8.02. The number of hydrogen-bond acceptors (Lipinski definition) is 2. The first kappa shape index (κ1) is 16.5. The van der Waals surface area contributed by atoms with Crippen LogP contribution in [0, 0.1) is 5.92 Å². The number of aryl methyl sites for hydroxylation is 1. The number of ether oxygens (including phenoxy) is 1. The van der Waals surface area contributed by atoms with Gasteiger partial charge in [-0.1, -0.05) is 19.9 Å². The monoisotopic (exact) mass is 327 g/mol. The molecule has 0 saturated heterocycles. The largest absolute Gasteiger partial charge is 0.492 e. The van der Waals surface area contributed by atoms with Gasteiger partial charge >= 0.3 is 0 Å². The summed E-state index contributed by atoms with van der Waals surface area (Å²) < 4.78 is 6.74. The molecule has 0 spiro atoms. The van der Waals surface area contributed by atoms with E-state index < -0.39 is 0 Å². The number of hydrogen-bond donors (Lipinski definition) is 1. The molecule has 0 heterocycles. The van der Waals surface area contributed by atoms with Gasteiger partial charge in [-0.3, -0.25) is 0 Å². The average Bonchev–Trinajstić information content (AvgIpc) is 2.41. The maximum Gasteiger partial charge on any atom is 0.133 e. The Bertz CT molecular complexity index is 368. The van der Waals surface area contributed by atoms with Crippen molar-refractivity contribution in [3.8, 4) is 5.75 Å². The predicted octanol–water partition coefficient (Wildman–Crippen LogP) is 4.42. The molecule has 3 heteroatoms. The van der Waals surface area contributed by atoms with Crippen LogP contribution in [0.4, 0.5) is 0 Å². The molecule has 0 aliphatic heterocycles. The zero-order valence-electron chi connectivity index (χ0n) is 12.3. The van der Waals surface area contributed by atoms with E-state index >= 15 is 0 Å². The molecule has 0 fully saturated rings. The van der Waals surface area contributed by atoms with E-state index in [1.54, 1.807) is 0 Å². The van der Waals surface area contributed by atoms with Crippen molar-refractivity contribution >= 4 is 15.9 Å². The lowest BCUT2D eigenvalue weighted by molar-refractivity contribution is 0.315. The summed E-state index contributed by atoms with van der Waals surface area (Å²) in [7, 11) is 2.01. The van der Waals surface area contributed by atoms with Gasteiger partial charge in [-0.05, 0) is 78.8 Å². The molecule has 1 aromatic rings. The minimum Gasteiger partial charge on any atom is -0.492 e. The highest BCUT2D eigenvalue weighted by Gasteiger charge is 2.05. The second kappa shape index (κ2) is 9.38. The SMILES string of the molecule is CCCOc1ccc(CCC(C)CCNC)cc1Br. The van der Waals surface area contributed by atoms with E-state index in [1.807, 2.05) is 7.05 Å². The minimum absolute atomic E-state index is 0.766. The second-order valence-corrected chi connectivity index (χ2v) is 6.00. The smallest absolute Gasteiger partial charge is 0.133 e. The first-order valence-electron chi connectivity index (χ1n) is 7.23. The molecule has 1 aromatic carbocycles. The summed E-state index contributed by atoms with van der Waals surface area (Å²) in [5.74, 6) is 1.72. The van der Waals surface area contributed by atoms with Crippen molar-refractivity contribution in [2.24, 2.45) is 5.92 Å². The van der Waals surface area contributed by atoms with Crippen LogP contribution >= 0.6 is 15.9 Å². The van der Waals surface area contributed by atoms with E-state index in [0.29, 0.717) is 0 Å². The van der Waals surface area contributed by atoms with Gasteiger partial charge in [-0.15, -0.1) is 0 Å². The van der Waals surface area contributed by atoms with Gasteiger partial charge in [0.1, 0.15) is 5.75 Å². The molecule has 0 amide bonds. The van der Waals surface area contributed by atoms with Crippen LogP contribution in [-0.4, -0.2) is 20.2 Å². The number of nitrogens with one attached hydrogen (secondary N) is 1. The molecule has 1 atom stereocenters. The van der Waals surface area contributed by atoms with Crippen molar-refractivity contribution in [1.29, 1.82) is 0 Å². The third-order valence-electron chi connectivity index (χ3n) is 3.27. The van der Waals surface area contributed by atoms with Crippen LogP contribution in [0.3, 0.4) is 0 Å². The number of halogens is 1. The van der Waals surface area contributed by atoms with Gasteiger partial charge < -0.3 is 10.1 Å². The van der Waals surface area contributed by atoms with Crippen molar-refractivity contribution in [1.82, 2.24) is 5.32 Å². The van der Waals surface area contributed by atoms with Crippen LogP contribution in [0.25, 0.3) is 0 Å². The fourth-order valence-corrected chi connectivity index (χ4v) is 2.52. The summed E-state index contributed by atoms with van der Waals surface area (Å²) in [4.78, 5) is 0. The van der Waals surface area contributed by atoms with Crippen molar-refractivity contribution in [3.05, 3.63) is 28.2 Å². The van der Waals surface area contributed by atoms with E-state index in [4.69, 9.17) is 4.74 Å². The molecule has 0 radical (unpaired) electrons. The normalized spacial score (nSPS) is 12.4. The number of benzene rings is 1. The predicted molar refractivity (Wildman–Crippen MR) is 86.0 cm³/mol. The zero-order chi connectivity index (χ0) is 14.1. The Labute approximate surface area is 126 Å². The lowest BCUT2D eigenvalue weighted by Gasteiger charge is -2.12. The molecule has 1 rings (SSSR count). The van der Waals surface area contributed by atoms with Crippen molar-refractivity contribution in [2.75, 3.05) is 20.2 Å². The van der Waals surface area contributed by atoms with Gasteiger partial charge in [0.25, 0.3) is 0 Å². The molecular formula is C16H26BrNO. The quantitative estimate of drug-likeness (QED) is 0.725. The van der Waals surface area contributed by atoms with E-state index in [9.17, 15) is 0 Å². The van der Waals surface area contributed by atoms with E-state index in [1.165, 1.54) is 18.4 Å². The van der Waals surface area contributed by atoms with Crippen LogP contribution in [-0.2, 0) is 6.42 Å². The molecule has 1 N–H and O–H groups in total. The minimum atomic E-state index is 0.766. The van der Waals surface area contributed by atoms with Crippen molar-refractivity contribution in [2.45, 2.75) is 39.5 Å². The van der Waals surface area contributed by atoms with Gasteiger partial charge in [0, 0.05) is 0 Å². The van der Waals surface area contributed by atoms with Gasteiger partial charge in [-0.25, -0.2) is 0 Å². The Hall–Kier alpha value is -0.540. The molecule has 1 unspecified atom stereocenters. The molecule has 108 valence electrons. The summed E-state index contributed by atoms with van der Waals surface area (Å²) in [5.41, 5.74) is 1.38. The van der Waals surface area contributed by atoms with E-state index in [-0.39, 0.29) is 0 Å². The first-order chi connectivity index (χ1) is 9.17. The van der Waals surface area contributed by atoms with Crippen molar-refractivity contribution < 1.29 is 4.74 Å². The molecule has 0 saturated carbocycles. The summed E-state index contributed by atoms with van der Waals surface area (Å²) >= 11 is 3.59. The Morgan fingerprint density at radius 3 is 2.74 bits per heavy atom. The van der Waals surface area contributed by atoms with Crippen LogP contribution in [0.2, 0.25) is 0 Å².